The van der Waals surface area contributed by atoms with Gasteiger partial charge in [-0.1, -0.05) is 11.3 Å². The Morgan fingerprint density at radius 1 is 1.62 bits per heavy atom. The number of aryl methyl sites for hydroxylation is 1. The monoisotopic (exact) mass is 222 g/mol. The Bertz CT molecular complexity index is 371. The van der Waals surface area contributed by atoms with Crippen LogP contribution in [-0.2, 0) is 16.7 Å². The van der Waals surface area contributed by atoms with Gasteiger partial charge >= 0.3 is 5.13 Å². The van der Waals surface area contributed by atoms with Gasteiger partial charge in [0.25, 0.3) is 0 Å². The lowest BCUT2D eigenvalue weighted by molar-refractivity contribution is -0.678. The molecule has 5 nitrogen and oxygen atoms in total. The number of hydrogen-bond donors (Lipinski definition) is 1. The van der Waals surface area contributed by atoms with Gasteiger partial charge in [-0.2, -0.15) is 0 Å². The molecule has 13 heavy (non-hydrogen) atoms. The van der Waals surface area contributed by atoms with Crippen LogP contribution in [0.15, 0.2) is 11.6 Å². The molecule has 0 spiro atoms. The predicted octanol–water partition coefficient (Wildman–Crippen LogP) is -0.447. The summed E-state index contributed by atoms with van der Waals surface area (Å²) in [5, 5.41) is 2.42. The summed E-state index contributed by atoms with van der Waals surface area (Å²) in [5.74, 6) is -0.338. The zero-order valence-corrected chi connectivity index (χ0v) is 8.47. The molecule has 0 amide bonds. The van der Waals surface area contributed by atoms with Crippen LogP contribution >= 0.6 is 11.3 Å². The SMILES string of the molecule is Nc1scc[n+]1CCCS(=O)(=O)[O-]. The second-order valence-corrected chi connectivity index (χ2v) is 5.00. The first-order valence-corrected chi connectivity index (χ1v) is 6.11. The third-order valence-corrected chi connectivity index (χ3v) is 3.03. The van der Waals surface area contributed by atoms with Crippen LogP contribution in [-0.4, -0.2) is 18.7 Å². The topological polar surface area (TPSA) is 87.1 Å². The average Bonchev–Trinajstić information content (AvgIpc) is 2.34. The van der Waals surface area contributed by atoms with Crippen LogP contribution in [0.1, 0.15) is 6.42 Å². The number of anilines is 1. The number of rotatable bonds is 4. The number of nitrogen functional groups attached to an aromatic ring is 1. The zero-order chi connectivity index (χ0) is 9.90. The quantitative estimate of drug-likeness (QED) is 0.552. The van der Waals surface area contributed by atoms with E-state index >= 15 is 0 Å². The fourth-order valence-electron chi connectivity index (χ4n) is 0.911. The Kier molecular flexibility index (Phi) is 3.23. The number of nitrogens with zero attached hydrogens (tertiary/aromatic N) is 1. The molecule has 0 unspecified atom stereocenters. The maximum Gasteiger partial charge on any atom is 0.331 e. The second-order valence-electron chi connectivity index (χ2n) is 2.55. The van der Waals surface area contributed by atoms with Crippen molar-refractivity contribution in [3.63, 3.8) is 0 Å². The number of hydrogen-bond acceptors (Lipinski definition) is 5. The first kappa shape index (κ1) is 10.4. The normalized spacial score (nSPS) is 11.8. The van der Waals surface area contributed by atoms with Gasteiger partial charge in [-0.3, -0.25) is 5.73 Å². The van der Waals surface area contributed by atoms with Crippen LogP contribution in [0.3, 0.4) is 0 Å². The van der Waals surface area contributed by atoms with Gasteiger partial charge in [-0.05, 0) is 6.42 Å². The highest BCUT2D eigenvalue weighted by molar-refractivity contribution is 7.85. The summed E-state index contributed by atoms with van der Waals surface area (Å²) >= 11 is 1.38. The fraction of sp³-hybridized carbons (Fsp3) is 0.500. The maximum absolute atomic E-state index is 10.3. The molecule has 1 heterocycles. The largest absolute Gasteiger partial charge is 0.748 e. The van der Waals surface area contributed by atoms with E-state index < -0.39 is 10.1 Å². The smallest absolute Gasteiger partial charge is 0.331 e. The standard InChI is InChI=1S/C6H10N2O3S2/c7-6-8(3-4-12-6)2-1-5-13(9,10)11/h3-4,7H,1-2,5H2,(H,9,10,11). The lowest BCUT2D eigenvalue weighted by Crippen LogP contribution is -2.34. The molecule has 0 aliphatic rings. The van der Waals surface area contributed by atoms with E-state index in [1.165, 1.54) is 11.3 Å². The van der Waals surface area contributed by atoms with E-state index in [0.29, 0.717) is 18.1 Å². The van der Waals surface area contributed by atoms with Crippen LogP contribution in [0.4, 0.5) is 5.13 Å². The molecular formula is C6H10N2O3S2. The van der Waals surface area contributed by atoms with Gasteiger partial charge in [0.15, 0.2) is 0 Å². The second kappa shape index (κ2) is 4.03. The molecule has 0 saturated carbocycles. The summed E-state index contributed by atoms with van der Waals surface area (Å²) in [4.78, 5) is 0. The molecule has 1 rings (SSSR count). The Balaban J connectivity index is 2.41. The van der Waals surface area contributed by atoms with Crippen molar-refractivity contribution in [1.29, 1.82) is 0 Å². The van der Waals surface area contributed by atoms with E-state index in [0.717, 1.165) is 0 Å². The Hall–Kier alpha value is -0.660. The van der Waals surface area contributed by atoms with Gasteiger partial charge in [-0.15, -0.1) is 0 Å². The highest BCUT2D eigenvalue weighted by Crippen LogP contribution is 2.03. The molecule has 0 saturated heterocycles. The molecule has 74 valence electrons. The highest BCUT2D eigenvalue weighted by atomic mass is 32.2. The van der Waals surface area contributed by atoms with Crippen molar-refractivity contribution in [2.24, 2.45) is 0 Å². The molecular weight excluding hydrogens is 212 g/mol. The number of aromatic nitrogens is 1. The van der Waals surface area contributed by atoms with Gasteiger partial charge in [0, 0.05) is 11.1 Å². The molecule has 0 aliphatic heterocycles. The van der Waals surface area contributed by atoms with Crippen LogP contribution in [0.5, 0.6) is 0 Å². The third kappa shape index (κ3) is 3.71. The van der Waals surface area contributed by atoms with Gasteiger partial charge < -0.3 is 4.55 Å². The first-order chi connectivity index (χ1) is 5.99. The van der Waals surface area contributed by atoms with Crippen molar-refractivity contribution in [3.8, 4) is 0 Å². The molecule has 0 radical (unpaired) electrons. The van der Waals surface area contributed by atoms with E-state index in [9.17, 15) is 13.0 Å². The number of thiazole rings is 1. The summed E-state index contributed by atoms with van der Waals surface area (Å²) in [5.41, 5.74) is 5.54. The van der Waals surface area contributed by atoms with Crippen molar-refractivity contribution in [2.75, 3.05) is 11.5 Å². The molecule has 0 atom stereocenters. The van der Waals surface area contributed by atoms with Crippen molar-refractivity contribution < 1.29 is 17.5 Å². The van der Waals surface area contributed by atoms with Crippen molar-refractivity contribution >= 4 is 26.6 Å². The summed E-state index contributed by atoms with van der Waals surface area (Å²) < 4.78 is 32.5. The Morgan fingerprint density at radius 2 is 2.31 bits per heavy atom. The van der Waals surface area contributed by atoms with Gasteiger partial charge in [0.1, 0.15) is 6.20 Å². The predicted molar refractivity (Wildman–Crippen MR) is 48.1 cm³/mol. The minimum Gasteiger partial charge on any atom is -0.748 e. The molecule has 1 aromatic heterocycles. The molecule has 0 aliphatic carbocycles. The average molecular weight is 222 g/mol. The molecule has 0 bridgehead atoms. The van der Waals surface area contributed by atoms with Gasteiger partial charge in [0.2, 0.25) is 0 Å². The van der Waals surface area contributed by atoms with Crippen LogP contribution in [0.2, 0.25) is 0 Å². The lowest BCUT2D eigenvalue weighted by atomic mass is 10.5. The van der Waals surface area contributed by atoms with Crippen LogP contribution in [0, 0.1) is 0 Å². The van der Waals surface area contributed by atoms with Crippen molar-refractivity contribution in [1.82, 2.24) is 0 Å². The maximum atomic E-state index is 10.3. The fourth-order valence-corrected chi connectivity index (χ4v) is 2.03. The van der Waals surface area contributed by atoms with Gasteiger partial charge in [-0.25, -0.2) is 13.0 Å². The van der Waals surface area contributed by atoms with Crippen LogP contribution in [0.25, 0.3) is 0 Å². The van der Waals surface area contributed by atoms with Crippen LogP contribution < -0.4 is 10.3 Å². The summed E-state index contributed by atoms with van der Waals surface area (Å²) in [6.45, 7) is 0.469. The Labute approximate surface area is 80.6 Å². The van der Waals surface area contributed by atoms with E-state index in [1.54, 1.807) is 16.1 Å². The summed E-state index contributed by atoms with van der Waals surface area (Å²) in [6, 6.07) is 0. The van der Waals surface area contributed by atoms with Crippen molar-refractivity contribution in [3.05, 3.63) is 11.6 Å². The molecule has 0 aromatic carbocycles. The highest BCUT2D eigenvalue weighted by Gasteiger charge is 2.05. The van der Waals surface area contributed by atoms with E-state index in [2.05, 4.69) is 0 Å². The minimum absolute atomic E-state index is 0.303. The molecule has 1 aromatic rings. The summed E-state index contributed by atoms with van der Waals surface area (Å²) in [7, 11) is -4.09. The minimum atomic E-state index is -4.09. The lowest BCUT2D eigenvalue weighted by Gasteiger charge is -2.04. The van der Waals surface area contributed by atoms with E-state index in [4.69, 9.17) is 5.73 Å². The van der Waals surface area contributed by atoms with E-state index in [-0.39, 0.29) is 5.75 Å². The molecule has 2 N–H and O–H groups in total. The Morgan fingerprint density at radius 3 is 2.77 bits per heavy atom. The zero-order valence-electron chi connectivity index (χ0n) is 6.84. The first-order valence-electron chi connectivity index (χ1n) is 3.65. The van der Waals surface area contributed by atoms with E-state index in [1.807, 2.05) is 0 Å². The molecule has 0 fully saturated rings. The number of nitrogens with two attached hydrogens (primary N) is 1. The summed E-state index contributed by atoms with van der Waals surface area (Å²) in [6.07, 6.45) is 2.06. The third-order valence-electron chi connectivity index (χ3n) is 1.51. The van der Waals surface area contributed by atoms with Crippen molar-refractivity contribution in [2.45, 2.75) is 13.0 Å². The van der Waals surface area contributed by atoms with Gasteiger partial charge in [0.05, 0.1) is 16.7 Å². The molecule has 7 heteroatoms.